The Morgan fingerprint density at radius 3 is 1.12 bits per heavy atom. The Balaban J connectivity index is 1.27. The second kappa shape index (κ2) is 15.0. The van der Waals surface area contributed by atoms with Crippen molar-refractivity contribution in [2.75, 3.05) is 0 Å². The largest absolute Gasteiger partial charge is 0.309 e. The molecule has 10 rings (SSSR count). The SMILES string of the molecule is CC(C)(C)c1ccc2c(c1)c1cc(C(C)(C)C)ccc1n2-c1ccc2c(c1)c1cc(-c3ccccc3)ccc1n2-c1cc(C(C)(C)c2ccccc2)cc(C(C)(C)c2ccccc2)c1. The molecule has 0 saturated heterocycles. The zero-order chi connectivity index (χ0) is 44.8. The van der Waals surface area contributed by atoms with E-state index in [0.717, 1.165) is 5.69 Å². The Morgan fingerprint density at radius 2 is 0.656 bits per heavy atom. The molecule has 0 aliphatic heterocycles. The molecule has 8 aromatic carbocycles. The van der Waals surface area contributed by atoms with E-state index in [1.165, 1.54) is 93.8 Å². The molecule has 2 aromatic heterocycles. The van der Waals surface area contributed by atoms with Crippen molar-refractivity contribution in [3.63, 3.8) is 0 Å². The number of hydrogen-bond donors (Lipinski definition) is 0. The normalized spacial score (nSPS) is 12.8. The lowest BCUT2D eigenvalue weighted by atomic mass is 9.73. The van der Waals surface area contributed by atoms with E-state index in [9.17, 15) is 0 Å². The molecule has 0 fully saturated rings. The van der Waals surface area contributed by atoms with Gasteiger partial charge in [0.1, 0.15) is 0 Å². The lowest BCUT2D eigenvalue weighted by Crippen LogP contribution is -2.23. The third-order valence-electron chi connectivity index (χ3n) is 14.2. The van der Waals surface area contributed by atoms with Crippen LogP contribution in [0.2, 0.25) is 0 Å². The molecular formula is C62H60N2. The molecule has 0 N–H and O–H groups in total. The molecule has 0 saturated carbocycles. The quantitative estimate of drug-likeness (QED) is 0.151. The molecule has 64 heavy (non-hydrogen) atoms. The zero-order valence-electron chi connectivity index (χ0n) is 39.2. The number of rotatable bonds is 7. The van der Waals surface area contributed by atoms with Crippen molar-refractivity contribution in [2.45, 2.75) is 90.9 Å². The first-order valence-electron chi connectivity index (χ1n) is 23.0. The Morgan fingerprint density at radius 1 is 0.266 bits per heavy atom. The van der Waals surface area contributed by atoms with Crippen LogP contribution >= 0.6 is 0 Å². The summed E-state index contributed by atoms with van der Waals surface area (Å²) in [6.07, 6.45) is 0. The predicted molar refractivity (Wildman–Crippen MR) is 275 cm³/mol. The Hall–Kier alpha value is -6.64. The van der Waals surface area contributed by atoms with E-state index in [0.29, 0.717) is 0 Å². The molecular weight excluding hydrogens is 773 g/mol. The van der Waals surface area contributed by atoms with Gasteiger partial charge in [0, 0.05) is 43.7 Å². The van der Waals surface area contributed by atoms with Gasteiger partial charge < -0.3 is 9.13 Å². The fraction of sp³-hybridized carbons (Fsp3) is 0.226. The van der Waals surface area contributed by atoms with Gasteiger partial charge in [0.25, 0.3) is 0 Å². The fourth-order valence-electron chi connectivity index (χ4n) is 9.98. The van der Waals surface area contributed by atoms with Crippen molar-refractivity contribution >= 4 is 43.6 Å². The molecule has 0 aliphatic rings. The minimum absolute atomic E-state index is 0.0330. The van der Waals surface area contributed by atoms with Gasteiger partial charge in [-0.3, -0.25) is 0 Å². The highest BCUT2D eigenvalue weighted by Crippen LogP contribution is 2.43. The molecule has 10 aromatic rings. The maximum Gasteiger partial charge on any atom is 0.0542 e. The molecule has 0 unspecified atom stereocenters. The van der Waals surface area contributed by atoms with Gasteiger partial charge in [-0.2, -0.15) is 0 Å². The summed E-state index contributed by atoms with van der Waals surface area (Å²) >= 11 is 0. The summed E-state index contributed by atoms with van der Waals surface area (Å²) in [5, 5.41) is 5.07. The lowest BCUT2D eigenvalue weighted by Gasteiger charge is -2.32. The maximum absolute atomic E-state index is 2.52. The van der Waals surface area contributed by atoms with Crippen LogP contribution in [0.5, 0.6) is 0 Å². The van der Waals surface area contributed by atoms with Crippen molar-refractivity contribution in [2.24, 2.45) is 0 Å². The van der Waals surface area contributed by atoms with E-state index in [4.69, 9.17) is 0 Å². The van der Waals surface area contributed by atoms with Gasteiger partial charge in [0.05, 0.1) is 22.1 Å². The summed E-state index contributed by atoms with van der Waals surface area (Å²) in [6, 6.07) is 68.6. The van der Waals surface area contributed by atoms with Crippen LogP contribution in [0.15, 0.2) is 182 Å². The molecule has 0 radical (unpaired) electrons. The molecule has 0 aliphatic carbocycles. The zero-order valence-corrected chi connectivity index (χ0v) is 39.2. The van der Waals surface area contributed by atoms with Crippen molar-refractivity contribution < 1.29 is 0 Å². The first kappa shape index (κ1) is 41.4. The van der Waals surface area contributed by atoms with Gasteiger partial charge >= 0.3 is 0 Å². The van der Waals surface area contributed by atoms with E-state index in [-0.39, 0.29) is 21.7 Å². The first-order chi connectivity index (χ1) is 30.5. The number of fused-ring (bicyclic) bond motifs is 6. The Kier molecular flexibility index (Phi) is 9.69. The highest BCUT2D eigenvalue weighted by Gasteiger charge is 2.30. The summed E-state index contributed by atoms with van der Waals surface area (Å²) in [4.78, 5) is 0. The third-order valence-corrected chi connectivity index (χ3v) is 14.2. The average Bonchev–Trinajstić information content (AvgIpc) is 3.80. The van der Waals surface area contributed by atoms with Gasteiger partial charge in [0.2, 0.25) is 0 Å². The molecule has 0 atom stereocenters. The molecule has 0 amide bonds. The maximum atomic E-state index is 2.52. The minimum Gasteiger partial charge on any atom is -0.309 e. The van der Waals surface area contributed by atoms with Crippen LogP contribution in [0.1, 0.15) is 103 Å². The summed E-state index contributed by atoms with van der Waals surface area (Å²) in [7, 11) is 0. The molecule has 0 spiro atoms. The van der Waals surface area contributed by atoms with Crippen molar-refractivity contribution in [3.05, 3.63) is 215 Å². The second-order valence-electron chi connectivity index (χ2n) is 21.2. The average molecular weight is 833 g/mol. The Labute approximate surface area is 379 Å². The second-order valence-corrected chi connectivity index (χ2v) is 21.2. The number of aromatic nitrogens is 2. The number of benzene rings is 8. The predicted octanol–water partition coefficient (Wildman–Crippen LogP) is 16.8. The van der Waals surface area contributed by atoms with Gasteiger partial charge in [-0.15, -0.1) is 0 Å². The van der Waals surface area contributed by atoms with Gasteiger partial charge in [-0.05, 0) is 122 Å². The summed E-state index contributed by atoms with van der Waals surface area (Å²) in [5.74, 6) is 0. The van der Waals surface area contributed by atoms with Crippen LogP contribution in [-0.2, 0) is 21.7 Å². The Bertz CT molecular complexity index is 3220. The number of hydrogen-bond acceptors (Lipinski definition) is 0. The van der Waals surface area contributed by atoms with E-state index in [1.807, 2.05) is 0 Å². The highest BCUT2D eigenvalue weighted by atomic mass is 15.0. The molecule has 2 heteroatoms. The minimum atomic E-state index is -0.249. The number of nitrogens with zero attached hydrogens (tertiary/aromatic N) is 2. The molecule has 2 nitrogen and oxygen atoms in total. The van der Waals surface area contributed by atoms with Crippen LogP contribution in [0.25, 0.3) is 66.1 Å². The third kappa shape index (κ3) is 6.96. The summed E-state index contributed by atoms with van der Waals surface area (Å²) in [6.45, 7) is 23.3. The highest BCUT2D eigenvalue weighted by molar-refractivity contribution is 6.13. The first-order valence-corrected chi connectivity index (χ1v) is 23.0. The van der Waals surface area contributed by atoms with Gasteiger partial charge in [0.15, 0.2) is 0 Å². The standard InChI is InChI=1S/C62H60N2/c1-59(2,3)45-27-31-56-52(38-45)53-39-46(60(4,5)6)28-32-57(53)63(56)49-29-33-58-54(40-49)51-34-42(41-20-14-11-15-21-41)26-30-55(51)64(58)50-36-47(61(7,8)43-22-16-12-17-23-43)35-48(37-50)62(9,10)44-24-18-13-19-25-44/h11-40H,1-10H3. The van der Waals surface area contributed by atoms with Crippen LogP contribution in [0, 0.1) is 0 Å². The van der Waals surface area contributed by atoms with Crippen LogP contribution in [0.3, 0.4) is 0 Å². The smallest absolute Gasteiger partial charge is 0.0542 e. The fourth-order valence-corrected chi connectivity index (χ4v) is 9.98. The van der Waals surface area contributed by atoms with E-state index in [2.05, 4.69) is 260 Å². The van der Waals surface area contributed by atoms with Crippen molar-refractivity contribution in [3.8, 4) is 22.5 Å². The van der Waals surface area contributed by atoms with Crippen molar-refractivity contribution in [1.29, 1.82) is 0 Å². The summed E-state index contributed by atoms with van der Waals surface area (Å²) < 4.78 is 5.02. The van der Waals surface area contributed by atoms with E-state index in [1.54, 1.807) is 0 Å². The van der Waals surface area contributed by atoms with E-state index >= 15 is 0 Å². The summed E-state index contributed by atoms with van der Waals surface area (Å²) in [5.41, 5.74) is 17.0. The molecule has 2 heterocycles. The topological polar surface area (TPSA) is 9.86 Å². The van der Waals surface area contributed by atoms with Crippen LogP contribution < -0.4 is 0 Å². The van der Waals surface area contributed by atoms with E-state index < -0.39 is 0 Å². The van der Waals surface area contributed by atoms with Crippen LogP contribution in [0.4, 0.5) is 0 Å². The van der Waals surface area contributed by atoms with Gasteiger partial charge in [-0.1, -0.05) is 184 Å². The monoisotopic (exact) mass is 832 g/mol. The molecule has 318 valence electrons. The lowest BCUT2D eigenvalue weighted by molar-refractivity contribution is 0.590. The van der Waals surface area contributed by atoms with Gasteiger partial charge in [-0.25, -0.2) is 0 Å². The molecule has 0 bridgehead atoms. The van der Waals surface area contributed by atoms with Crippen LogP contribution in [-0.4, -0.2) is 9.13 Å². The van der Waals surface area contributed by atoms with Crippen molar-refractivity contribution in [1.82, 2.24) is 9.13 Å².